The van der Waals surface area contributed by atoms with Crippen molar-refractivity contribution >= 4 is 6.09 Å². The van der Waals surface area contributed by atoms with Gasteiger partial charge in [-0.1, -0.05) is 6.42 Å². The van der Waals surface area contributed by atoms with Gasteiger partial charge in [-0.2, -0.15) is 0 Å². The van der Waals surface area contributed by atoms with Crippen molar-refractivity contribution < 1.29 is 13.9 Å². The summed E-state index contributed by atoms with van der Waals surface area (Å²) < 4.78 is 20.6. The van der Waals surface area contributed by atoms with Gasteiger partial charge in [0.25, 0.3) is 0 Å². The Bertz CT molecular complexity index is 322. The summed E-state index contributed by atoms with van der Waals surface area (Å²) in [6.07, 6.45) is 2.93. The molecule has 0 aromatic rings. The molecule has 1 saturated carbocycles. The van der Waals surface area contributed by atoms with Gasteiger partial charge < -0.3 is 10.1 Å². The van der Waals surface area contributed by atoms with Gasteiger partial charge in [0.2, 0.25) is 0 Å². The van der Waals surface area contributed by atoms with Crippen molar-refractivity contribution in [3.05, 3.63) is 0 Å². The Morgan fingerprint density at radius 3 is 2.35 bits per heavy atom. The number of carbonyl (C=O) groups is 1. The number of likely N-dealkylation sites (N-methyl/N-ethyl adjacent to an activating group) is 1. The predicted octanol–water partition coefficient (Wildman–Crippen LogP) is 3.46. The first-order valence-electron chi connectivity index (χ1n) is 7.55. The van der Waals surface area contributed by atoms with E-state index in [0.29, 0.717) is 19.4 Å². The third-order valence-electron chi connectivity index (χ3n) is 3.58. The van der Waals surface area contributed by atoms with Crippen LogP contribution in [0.3, 0.4) is 0 Å². The molecule has 4 nitrogen and oxygen atoms in total. The van der Waals surface area contributed by atoms with Crippen LogP contribution in [0, 0.1) is 0 Å². The van der Waals surface area contributed by atoms with Gasteiger partial charge in [0.1, 0.15) is 5.60 Å². The number of hydrogen-bond acceptors (Lipinski definition) is 3. The summed E-state index contributed by atoms with van der Waals surface area (Å²) in [6.45, 7) is 7.81. The molecule has 1 aliphatic rings. The van der Waals surface area contributed by atoms with E-state index in [0.717, 1.165) is 19.3 Å². The molecule has 0 aromatic heterocycles. The van der Waals surface area contributed by atoms with Crippen LogP contribution in [0.5, 0.6) is 0 Å². The zero-order valence-electron chi connectivity index (χ0n) is 13.5. The number of carbonyl (C=O) groups excluding carboxylic acids is 1. The number of hydrogen-bond donors (Lipinski definition) is 1. The van der Waals surface area contributed by atoms with Gasteiger partial charge in [-0.15, -0.1) is 0 Å². The van der Waals surface area contributed by atoms with E-state index in [9.17, 15) is 4.79 Å². The van der Waals surface area contributed by atoms with Crippen molar-refractivity contribution in [1.29, 1.82) is 0 Å². The van der Waals surface area contributed by atoms with Crippen LogP contribution in [-0.2, 0) is 4.74 Å². The molecule has 0 heterocycles. The highest BCUT2D eigenvalue weighted by molar-refractivity contribution is 5.69. The number of alkyl halides is 1. The quantitative estimate of drug-likeness (QED) is 0.805. The zero-order chi connectivity index (χ0) is 15.4. The van der Waals surface area contributed by atoms with Gasteiger partial charge >= 0.3 is 6.09 Å². The van der Waals surface area contributed by atoms with Crippen LogP contribution in [0.25, 0.3) is 0 Å². The van der Waals surface area contributed by atoms with Crippen LogP contribution in [0.15, 0.2) is 0 Å². The highest BCUT2D eigenvalue weighted by atomic mass is 19.1. The highest BCUT2D eigenvalue weighted by Gasteiger charge is 2.44. The van der Waals surface area contributed by atoms with Gasteiger partial charge in [-0.3, -0.25) is 4.90 Å². The summed E-state index contributed by atoms with van der Waals surface area (Å²) in [7, 11) is 1.80. The van der Waals surface area contributed by atoms with Gasteiger partial charge in [0, 0.05) is 25.4 Å². The summed E-state index contributed by atoms with van der Waals surface area (Å²) in [4.78, 5) is 13.7. The third kappa shape index (κ3) is 4.62. The van der Waals surface area contributed by atoms with Crippen LogP contribution in [-0.4, -0.2) is 42.0 Å². The first-order chi connectivity index (χ1) is 9.19. The minimum atomic E-state index is -1.57. The second-order valence-electron chi connectivity index (χ2n) is 6.74. The fraction of sp³-hybridized carbons (Fsp3) is 0.933. The first-order valence-corrected chi connectivity index (χ1v) is 7.55. The van der Waals surface area contributed by atoms with Crippen LogP contribution < -0.4 is 5.32 Å². The second kappa shape index (κ2) is 6.74. The average Bonchev–Trinajstić information content (AvgIpc) is 2.27. The molecule has 1 N–H and O–H groups in total. The molecule has 1 aliphatic carbocycles. The van der Waals surface area contributed by atoms with E-state index in [2.05, 4.69) is 5.32 Å². The van der Waals surface area contributed by atoms with Gasteiger partial charge in [0.05, 0.1) is 0 Å². The normalized spacial score (nSPS) is 20.3. The molecular formula is C15H29FN2O2. The molecule has 1 atom stereocenters. The van der Waals surface area contributed by atoms with E-state index in [1.807, 2.05) is 6.92 Å². The number of rotatable bonds is 4. The second-order valence-corrected chi connectivity index (χ2v) is 6.74. The molecule has 0 aliphatic heterocycles. The molecule has 1 rings (SSSR count). The van der Waals surface area contributed by atoms with Gasteiger partial charge in [0.15, 0.2) is 5.79 Å². The summed E-state index contributed by atoms with van der Waals surface area (Å²) in [6, 6.07) is -0.238. The molecule has 118 valence electrons. The Balaban J connectivity index is 2.92. The number of amides is 1. The Hall–Kier alpha value is -0.840. The summed E-state index contributed by atoms with van der Waals surface area (Å²) in [5.74, 6) is -1.57. The van der Waals surface area contributed by atoms with Gasteiger partial charge in [-0.05, 0) is 47.6 Å². The maximum atomic E-state index is 15.2. The lowest BCUT2D eigenvalue weighted by Gasteiger charge is -2.43. The summed E-state index contributed by atoms with van der Waals surface area (Å²) >= 11 is 0. The maximum absolute atomic E-state index is 15.2. The van der Waals surface area contributed by atoms with Crippen LogP contribution in [0.1, 0.15) is 59.8 Å². The van der Waals surface area contributed by atoms with E-state index in [-0.39, 0.29) is 6.04 Å². The fourth-order valence-electron chi connectivity index (χ4n) is 2.77. The largest absolute Gasteiger partial charge is 0.444 e. The average molecular weight is 288 g/mol. The van der Waals surface area contributed by atoms with E-state index in [1.165, 1.54) is 4.90 Å². The standard InChI is InChI=1S/C15H29FN2O2/c1-12(11-17-5)18(13(19)20-14(2,3)4)15(16)9-7-6-8-10-15/h12,17H,6-11H2,1-5H3/t12-/m0/s1. The molecule has 0 spiro atoms. The van der Waals surface area contributed by atoms with Crippen molar-refractivity contribution in [2.24, 2.45) is 0 Å². The topological polar surface area (TPSA) is 41.6 Å². The van der Waals surface area contributed by atoms with Crippen LogP contribution >= 0.6 is 0 Å². The van der Waals surface area contributed by atoms with Crippen molar-refractivity contribution in [2.75, 3.05) is 13.6 Å². The molecule has 0 aromatic carbocycles. The lowest BCUT2D eigenvalue weighted by atomic mass is 9.91. The SMILES string of the molecule is CNC[C@H](C)N(C(=O)OC(C)(C)C)C1(F)CCCCC1. The monoisotopic (exact) mass is 288 g/mol. The summed E-state index contributed by atoms with van der Waals surface area (Å²) in [5.41, 5.74) is -0.611. The van der Waals surface area contributed by atoms with Gasteiger partial charge in [-0.25, -0.2) is 9.18 Å². The minimum Gasteiger partial charge on any atom is -0.444 e. The Morgan fingerprint density at radius 2 is 1.90 bits per heavy atom. The summed E-state index contributed by atoms with van der Waals surface area (Å²) in [5, 5.41) is 3.01. The Morgan fingerprint density at radius 1 is 1.35 bits per heavy atom. The van der Waals surface area contributed by atoms with E-state index < -0.39 is 17.5 Å². The van der Waals surface area contributed by atoms with E-state index >= 15 is 4.39 Å². The molecule has 0 unspecified atom stereocenters. The first kappa shape index (κ1) is 17.2. The smallest absolute Gasteiger partial charge is 0.413 e. The fourth-order valence-corrected chi connectivity index (χ4v) is 2.77. The molecule has 1 fully saturated rings. The zero-order valence-corrected chi connectivity index (χ0v) is 13.5. The van der Waals surface area contributed by atoms with Crippen molar-refractivity contribution in [3.63, 3.8) is 0 Å². The lowest BCUT2D eigenvalue weighted by Crippen LogP contribution is -2.57. The molecule has 5 heteroatoms. The third-order valence-corrected chi connectivity index (χ3v) is 3.58. The number of nitrogens with one attached hydrogen (secondary N) is 1. The molecule has 0 bridgehead atoms. The molecule has 0 saturated heterocycles. The predicted molar refractivity (Wildman–Crippen MR) is 78.4 cm³/mol. The Kier molecular flexibility index (Phi) is 5.80. The number of nitrogens with zero attached hydrogens (tertiary/aromatic N) is 1. The Labute approximate surface area is 122 Å². The number of halogens is 1. The molecule has 0 radical (unpaired) electrons. The molecule has 1 amide bonds. The molecule has 20 heavy (non-hydrogen) atoms. The van der Waals surface area contributed by atoms with Crippen molar-refractivity contribution in [2.45, 2.75) is 77.2 Å². The van der Waals surface area contributed by atoms with E-state index in [4.69, 9.17) is 4.74 Å². The highest BCUT2D eigenvalue weighted by Crippen LogP contribution is 2.37. The number of ether oxygens (including phenoxy) is 1. The lowest BCUT2D eigenvalue weighted by molar-refractivity contribution is -0.0868. The molecular weight excluding hydrogens is 259 g/mol. The minimum absolute atomic E-state index is 0.238. The van der Waals surface area contributed by atoms with E-state index in [1.54, 1.807) is 27.8 Å². The van der Waals surface area contributed by atoms with Crippen LogP contribution in [0.2, 0.25) is 0 Å². The van der Waals surface area contributed by atoms with Crippen molar-refractivity contribution in [3.8, 4) is 0 Å². The maximum Gasteiger partial charge on any atom is 0.413 e. The van der Waals surface area contributed by atoms with Crippen LogP contribution in [0.4, 0.5) is 9.18 Å². The van der Waals surface area contributed by atoms with Crippen molar-refractivity contribution in [1.82, 2.24) is 10.2 Å².